The first-order valence-electron chi connectivity index (χ1n) is 10.9. The molecule has 0 radical (unpaired) electrons. The molecule has 0 saturated heterocycles. The average molecular weight is 373 g/mol. The number of fused-ring (bicyclic) bond motifs is 1. The highest BCUT2D eigenvalue weighted by molar-refractivity contribution is 5.69. The zero-order valence-corrected chi connectivity index (χ0v) is 16.3. The van der Waals surface area contributed by atoms with Gasteiger partial charge in [0.2, 0.25) is 0 Å². The maximum absolute atomic E-state index is 12.7. The number of rotatable bonds is 4. The Labute approximate surface area is 160 Å². The monoisotopic (exact) mass is 372 g/mol. The lowest BCUT2D eigenvalue weighted by Crippen LogP contribution is -2.33. The molecule has 148 valence electrons. The van der Waals surface area contributed by atoms with Gasteiger partial charge in [-0.3, -0.25) is 14.3 Å². The minimum atomic E-state index is -0.355. The fourth-order valence-electron chi connectivity index (χ4n) is 5.07. The van der Waals surface area contributed by atoms with Gasteiger partial charge < -0.3 is 4.57 Å². The van der Waals surface area contributed by atoms with Gasteiger partial charge in [-0.05, 0) is 37.5 Å². The van der Waals surface area contributed by atoms with Gasteiger partial charge in [0.1, 0.15) is 5.65 Å². The lowest BCUT2D eigenvalue weighted by Gasteiger charge is -2.19. The molecule has 0 spiro atoms. The molecule has 2 aliphatic rings. The molecule has 0 aliphatic heterocycles. The Morgan fingerprint density at radius 1 is 0.852 bits per heavy atom. The van der Waals surface area contributed by atoms with Crippen molar-refractivity contribution < 1.29 is 0 Å². The van der Waals surface area contributed by atoms with Crippen LogP contribution in [0.2, 0.25) is 0 Å². The van der Waals surface area contributed by atoms with Crippen LogP contribution in [0.5, 0.6) is 0 Å². The summed E-state index contributed by atoms with van der Waals surface area (Å²) in [5, 5.41) is 0. The van der Waals surface area contributed by atoms with Crippen molar-refractivity contribution in [3.63, 3.8) is 0 Å². The maximum atomic E-state index is 12.7. The second kappa shape index (κ2) is 8.44. The van der Waals surface area contributed by atoms with E-state index >= 15 is 0 Å². The number of hydrogen-bond donors (Lipinski definition) is 1. The molecule has 2 aliphatic carbocycles. The quantitative estimate of drug-likeness (QED) is 0.829. The van der Waals surface area contributed by atoms with Gasteiger partial charge in [0.15, 0.2) is 5.52 Å². The van der Waals surface area contributed by atoms with E-state index in [4.69, 9.17) is 0 Å². The van der Waals surface area contributed by atoms with E-state index in [0.29, 0.717) is 23.9 Å². The van der Waals surface area contributed by atoms with Crippen molar-refractivity contribution in [1.82, 2.24) is 19.1 Å². The molecule has 2 aromatic rings. The van der Waals surface area contributed by atoms with E-state index in [0.717, 1.165) is 12.2 Å². The molecule has 2 fully saturated rings. The van der Waals surface area contributed by atoms with E-state index in [2.05, 4.69) is 14.5 Å². The molecule has 6 nitrogen and oxygen atoms in total. The molecule has 0 atom stereocenters. The van der Waals surface area contributed by atoms with Crippen LogP contribution < -0.4 is 11.2 Å². The van der Waals surface area contributed by atoms with E-state index < -0.39 is 0 Å². The summed E-state index contributed by atoms with van der Waals surface area (Å²) >= 11 is 0. The third-order valence-corrected chi connectivity index (χ3v) is 6.59. The molecule has 0 aromatic carbocycles. The van der Waals surface area contributed by atoms with Gasteiger partial charge in [-0.15, -0.1) is 0 Å². The van der Waals surface area contributed by atoms with E-state index in [1.54, 1.807) is 10.9 Å². The zero-order chi connectivity index (χ0) is 18.6. The van der Waals surface area contributed by atoms with Gasteiger partial charge in [-0.25, -0.2) is 9.78 Å². The minimum Gasteiger partial charge on any atom is -0.316 e. The Balaban J connectivity index is 1.67. The van der Waals surface area contributed by atoms with Gasteiger partial charge >= 0.3 is 5.69 Å². The molecule has 2 heterocycles. The van der Waals surface area contributed by atoms with Crippen LogP contribution in [0.4, 0.5) is 0 Å². The maximum Gasteiger partial charge on any atom is 0.330 e. The van der Waals surface area contributed by atoms with Crippen LogP contribution in [0.1, 0.15) is 77.0 Å². The highest BCUT2D eigenvalue weighted by Crippen LogP contribution is 2.27. The van der Waals surface area contributed by atoms with Gasteiger partial charge in [0.25, 0.3) is 5.56 Å². The zero-order valence-electron chi connectivity index (χ0n) is 16.3. The summed E-state index contributed by atoms with van der Waals surface area (Å²) in [6.45, 7) is 1.56. The molecule has 0 amide bonds. The van der Waals surface area contributed by atoms with Crippen LogP contribution in [0, 0.1) is 11.8 Å². The van der Waals surface area contributed by atoms with Crippen LogP contribution in [0.3, 0.4) is 0 Å². The molecule has 0 unspecified atom stereocenters. The number of nitrogens with one attached hydrogen (secondary N) is 1. The second-order valence-electron chi connectivity index (χ2n) is 8.65. The summed E-state index contributed by atoms with van der Waals surface area (Å²) in [5.74, 6) is 1.13. The number of aromatic nitrogens is 4. The summed E-state index contributed by atoms with van der Waals surface area (Å²) in [6.07, 6.45) is 16.9. The van der Waals surface area contributed by atoms with Crippen LogP contribution in [0.25, 0.3) is 11.2 Å². The Hall–Kier alpha value is -1.85. The Kier molecular flexibility index (Phi) is 5.79. The summed E-state index contributed by atoms with van der Waals surface area (Å²) in [5.41, 5.74) is 0.514. The summed E-state index contributed by atoms with van der Waals surface area (Å²) in [7, 11) is 0. The van der Waals surface area contributed by atoms with Crippen LogP contribution in [-0.4, -0.2) is 19.1 Å². The van der Waals surface area contributed by atoms with E-state index in [-0.39, 0.29) is 11.2 Å². The van der Waals surface area contributed by atoms with E-state index in [1.807, 2.05) is 0 Å². The Morgan fingerprint density at radius 2 is 1.41 bits per heavy atom. The molecule has 4 rings (SSSR count). The molecule has 1 N–H and O–H groups in total. The molecule has 2 saturated carbocycles. The fraction of sp³-hybridized carbons (Fsp3) is 0.762. The number of hydrogen-bond acceptors (Lipinski definition) is 3. The van der Waals surface area contributed by atoms with Gasteiger partial charge in [0, 0.05) is 13.1 Å². The molecular formula is C21H32N4O2. The van der Waals surface area contributed by atoms with Crippen molar-refractivity contribution in [2.24, 2.45) is 11.8 Å². The summed E-state index contributed by atoms with van der Waals surface area (Å²) in [4.78, 5) is 31.9. The number of imidazole rings is 1. The number of H-pyrrole nitrogens is 1. The first-order chi connectivity index (χ1) is 13.2. The van der Waals surface area contributed by atoms with Crippen molar-refractivity contribution in [3.05, 3.63) is 27.2 Å². The Morgan fingerprint density at radius 3 is 2.00 bits per heavy atom. The van der Waals surface area contributed by atoms with Gasteiger partial charge in [0.05, 0.1) is 6.33 Å². The molecule has 0 bridgehead atoms. The van der Waals surface area contributed by atoms with Crippen molar-refractivity contribution in [2.75, 3.05) is 0 Å². The first kappa shape index (κ1) is 18.5. The topological polar surface area (TPSA) is 72.7 Å². The van der Waals surface area contributed by atoms with Crippen molar-refractivity contribution >= 4 is 11.2 Å². The summed E-state index contributed by atoms with van der Waals surface area (Å²) < 4.78 is 3.88. The molecule has 27 heavy (non-hydrogen) atoms. The smallest absolute Gasteiger partial charge is 0.316 e. The highest BCUT2D eigenvalue weighted by Gasteiger charge is 2.20. The second-order valence-corrected chi connectivity index (χ2v) is 8.65. The number of nitrogens with zero attached hydrogens (tertiary/aromatic N) is 3. The predicted molar refractivity (Wildman–Crippen MR) is 107 cm³/mol. The summed E-state index contributed by atoms with van der Waals surface area (Å²) in [6, 6.07) is 0. The third-order valence-electron chi connectivity index (χ3n) is 6.59. The van der Waals surface area contributed by atoms with Crippen molar-refractivity contribution in [2.45, 2.75) is 90.1 Å². The van der Waals surface area contributed by atoms with Crippen LogP contribution in [0.15, 0.2) is 15.9 Å². The standard InChI is InChI=1S/C21H32N4O2/c26-19-18-20(24(15-22-18)13-16-9-5-1-2-6-10-16)25(21(27)23-19)14-17-11-7-3-4-8-12-17/h15-17H,1-14H2,(H,23,26,27). The van der Waals surface area contributed by atoms with Crippen LogP contribution >= 0.6 is 0 Å². The van der Waals surface area contributed by atoms with Gasteiger partial charge in [-0.2, -0.15) is 0 Å². The average Bonchev–Trinajstić information content (AvgIpc) is 2.84. The lowest BCUT2D eigenvalue weighted by molar-refractivity contribution is 0.377. The fourth-order valence-corrected chi connectivity index (χ4v) is 5.07. The Bertz CT molecular complexity index is 862. The van der Waals surface area contributed by atoms with Crippen LogP contribution in [-0.2, 0) is 13.1 Å². The SMILES string of the molecule is O=c1[nH]c(=O)n(CC2CCCCCC2)c2c1ncn2CC1CCCCCC1. The molecule has 6 heteroatoms. The third kappa shape index (κ3) is 4.19. The number of aromatic amines is 1. The largest absolute Gasteiger partial charge is 0.330 e. The van der Waals surface area contributed by atoms with E-state index in [1.165, 1.54) is 77.0 Å². The first-order valence-corrected chi connectivity index (χ1v) is 10.9. The highest BCUT2D eigenvalue weighted by atomic mass is 16.2. The van der Waals surface area contributed by atoms with E-state index in [9.17, 15) is 9.59 Å². The minimum absolute atomic E-state index is 0.278. The lowest BCUT2D eigenvalue weighted by atomic mass is 10.00. The van der Waals surface area contributed by atoms with Gasteiger partial charge in [-0.1, -0.05) is 51.4 Å². The van der Waals surface area contributed by atoms with Crippen molar-refractivity contribution in [3.8, 4) is 0 Å². The normalized spacial score (nSPS) is 20.6. The predicted octanol–water partition coefficient (Wildman–Crippen LogP) is 3.83. The molecular weight excluding hydrogens is 340 g/mol. The molecule has 2 aromatic heterocycles. The van der Waals surface area contributed by atoms with Crippen molar-refractivity contribution in [1.29, 1.82) is 0 Å².